The first-order valence-corrected chi connectivity index (χ1v) is 8.93. The summed E-state index contributed by atoms with van der Waals surface area (Å²) < 4.78 is 13.2. The number of fused-ring (bicyclic) bond motifs is 1. The average Bonchev–Trinajstić information content (AvgIpc) is 3.05. The molecule has 1 aliphatic heterocycles. The summed E-state index contributed by atoms with van der Waals surface area (Å²) in [5.41, 5.74) is 0.388. The first kappa shape index (κ1) is 18.2. The second kappa shape index (κ2) is 7.76. The lowest BCUT2D eigenvalue weighted by molar-refractivity contribution is 0.0523. The first-order chi connectivity index (χ1) is 12.4. The second-order valence-electron chi connectivity index (χ2n) is 7.57. The number of hydrogen-bond acceptors (Lipinski definition) is 5. The van der Waals surface area contributed by atoms with Gasteiger partial charge >= 0.3 is 6.09 Å². The van der Waals surface area contributed by atoms with Crippen LogP contribution in [0.5, 0.6) is 5.88 Å². The van der Waals surface area contributed by atoms with Crippen molar-refractivity contribution in [3.05, 3.63) is 42.1 Å². The Bertz CT molecular complexity index is 734. The highest BCUT2D eigenvalue weighted by Crippen LogP contribution is 2.20. The molecule has 1 amide bonds. The summed E-state index contributed by atoms with van der Waals surface area (Å²) in [5.74, 6) is 2.18. The van der Waals surface area contributed by atoms with Crippen molar-refractivity contribution < 1.29 is 14.3 Å². The Morgan fingerprint density at radius 3 is 2.92 bits per heavy atom. The van der Waals surface area contributed by atoms with Gasteiger partial charge in [0, 0.05) is 50.1 Å². The van der Waals surface area contributed by atoms with Crippen molar-refractivity contribution >= 4 is 6.09 Å². The molecule has 0 bridgehead atoms. The predicted molar refractivity (Wildman–Crippen MR) is 96.8 cm³/mol. The SMILES string of the molecule is CC(C)(C)OC(=O)NCc1ccc(OCC2CCn3ccnc3C2)nc1. The zero-order valence-electron chi connectivity index (χ0n) is 15.6. The number of ether oxygens (including phenoxy) is 2. The molecule has 140 valence electrons. The number of aromatic nitrogens is 3. The minimum atomic E-state index is -0.504. The van der Waals surface area contributed by atoms with Crippen LogP contribution in [0.1, 0.15) is 38.6 Å². The number of carbonyl (C=O) groups is 1. The smallest absolute Gasteiger partial charge is 0.407 e. The van der Waals surface area contributed by atoms with Gasteiger partial charge in [-0.1, -0.05) is 6.07 Å². The van der Waals surface area contributed by atoms with Crippen LogP contribution in [-0.2, 0) is 24.2 Å². The highest BCUT2D eigenvalue weighted by atomic mass is 16.6. The Balaban J connectivity index is 1.43. The number of nitrogens with zero attached hydrogens (tertiary/aromatic N) is 3. The minimum absolute atomic E-state index is 0.369. The molecule has 26 heavy (non-hydrogen) atoms. The standard InChI is InChI=1S/C19H26N4O3/c1-19(2,3)26-18(24)22-12-15-4-5-17(21-11-15)25-13-14-6-8-23-9-7-20-16(23)10-14/h4-5,7,9,11,14H,6,8,10,12-13H2,1-3H3,(H,22,24). The maximum atomic E-state index is 11.7. The monoisotopic (exact) mass is 358 g/mol. The fraction of sp³-hybridized carbons (Fsp3) is 0.526. The Labute approximate surface area is 153 Å². The van der Waals surface area contributed by atoms with Crippen LogP contribution in [0.3, 0.4) is 0 Å². The van der Waals surface area contributed by atoms with Gasteiger partial charge in [0.15, 0.2) is 0 Å². The highest BCUT2D eigenvalue weighted by molar-refractivity contribution is 5.67. The fourth-order valence-corrected chi connectivity index (χ4v) is 2.85. The number of amides is 1. The van der Waals surface area contributed by atoms with Crippen molar-refractivity contribution in [2.24, 2.45) is 5.92 Å². The summed E-state index contributed by atoms with van der Waals surface area (Å²) in [6.07, 6.45) is 7.17. The summed E-state index contributed by atoms with van der Waals surface area (Å²) in [5, 5.41) is 2.71. The third-order valence-corrected chi connectivity index (χ3v) is 4.15. The molecule has 0 saturated heterocycles. The lowest BCUT2D eigenvalue weighted by Crippen LogP contribution is -2.32. The van der Waals surface area contributed by atoms with E-state index in [1.54, 1.807) is 6.20 Å². The topological polar surface area (TPSA) is 78.3 Å². The molecule has 0 aromatic carbocycles. The largest absolute Gasteiger partial charge is 0.477 e. The molecule has 0 radical (unpaired) electrons. The van der Waals surface area contributed by atoms with Crippen molar-refractivity contribution in [2.75, 3.05) is 6.61 Å². The highest BCUT2D eigenvalue weighted by Gasteiger charge is 2.20. The third-order valence-electron chi connectivity index (χ3n) is 4.15. The molecule has 2 aromatic rings. The lowest BCUT2D eigenvalue weighted by Gasteiger charge is -2.23. The number of hydrogen-bond donors (Lipinski definition) is 1. The molecule has 7 heteroatoms. The van der Waals surface area contributed by atoms with E-state index in [1.807, 2.05) is 45.3 Å². The van der Waals surface area contributed by atoms with Gasteiger partial charge in [-0.05, 0) is 32.8 Å². The maximum Gasteiger partial charge on any atom is 0.407 e. The van der Waals surface area contributed by atoms with Crippen LogP contribution >= 0.6 is 0 Å². The van der Waals surface area contributed by atoms with E-state index in [9.17, 15) is 4.79 Å². The van der Waals surface area contributed by atoms with Gasteiger partial charge in [0.25, 0.3) is 0 Å². The van der Waals surface area contributed by atoms with Crippen molar-refractivity contribution in [3.63, 3.8) is 0 Å². The van der Waals surface area contributed by atoms with Crippen LogP contribution in [0.15, 0.2) is 30.7 Å². The number of pyridine rings is 1. The molecule has 1 atom stereocenters. The van der Waals surface area contributed by atoms with E-state index in [-0.39, 0.29) is 0 Å². The molecule has 7 nitrogen and oxygen atoms in total. The molecule has 3 rings (SSSR count). The van der Waals surface area contributed by atoms with Gasteiger partial charge in [-0.3, -0.25) is 0 Å². The predicted octanol–water partition coefficient (Wildman–Crippen LogP) is 2.94. The quantitative estimate of drug-likeness (QED) is 0.889. The molecule has 0 spiro atoms. The summed E-state index contributed by atoms with van der Waals surface area (Å²) in [4.78, 5) is 20.4. The zero-order chi connectivity index (χ0) is 18.6. The van der Waals surface area contributed by atoms with Crippen molar-refractivity contribution in [2.45, 2.75) is 52.3 Å². The molecule has 1 N–H and O–H groups in total. The Morgan fingerprint density at radius 1 is 1.35 bits per heavy atom. The van der Waals surface area contributed by atoms with Crippen molar-refractivity contribution in [3.8, 4) is 5.88 Å². The van der Waals surface area contributed by atoms with E-state index in [4.69, 9.17) is 9.47 Å². The first-order valence-electron chi connectivity index (χ1n) is 8.93. The van der Waals surface area contributed by atoms with Gasteiger partial charge in [0.2, 0.25) is 5.88 Å². The summed E-state index contributed by atoms with van der Waals surface area (Å²) in [6, 6.07) is 3.73. The number of rotatable bonds is 5. The van der Waals surface area contributed by atoms with Gasteiger partial charge in [0.05, 0.1) is 6.61 Å². The Morgan fingerprint density at radius 2 is 2.19 bits per heavy atom. The van der Waals surface area contributed by atoms with Crippen LogP contribution in [0.4, 0.5) is 4.79 Å². The van der Waals surface area contributed by atoms with Gasteiger partial charge in [-0.15, -0.1) is 0 Å². The molecule has 1 unspecified atom stereocenters. The van der Waals surface area contributed by atoms with Crippen LogP contribution in [0.25, 0.3) is 0 Å². The van der Waals surface area contributed by atoms with Gasteiger partial charge < -0.3 is 19.4 Å². The molecule has 0 fully saturated rings. The van der Waals surface area contributed by atoms with E-state index in [0.29, 0.717) is 24.9 Å². The lowest BCUT2D eigenvalue weighted by atomic mass is 9.99. The molecular formula is C19H26N4O3. The normalized spacial score (nSPS) is 16.7. The molecule has 3 heterocycles. The number of aryl methyl sites for hydroxylation is 1. The second-order valence-corrected chi connectivity index (χ2v) is 7.57. The van der Waals surface area contributed by atoms with Gasteiger partial charge in [-0.2, -0.15) is 0 Å². The van der Waals surface area contributed by atoms with E-state index >= 15 is 0 Å². The van der Waals surface area contributed by atoms with Crippen molar-refractivity contribution in [1.29, 1.82) is 0 Å². The van der Waals surface area contributed by atoms with Crippen LogP contribution in [0.2, 0.25) is 0 Å². The Kier molecular flexibility index (Phi) is 5.44. The number of alkyl carbamates (subject to hydrolysis) is 1. The fourth-order valence-electron chi connectivity index (χ4n) is 2.85. The molecule has 0 aliphatic carbocycles. The van der Waals surface area contributed by atoms with Crippen molar-refractivity contribution in [1.82, 2.24) is 19.9 Å². The molecule has 0 saturated carbocycles. The minimum Gasteiger partial charge on any atom is -0.477 e. The van der Waals surface area contributed by atoms with E-state index in [2.05, 4.69) is 19.9 Å². The Hall–Kier alpha value is -2.57. The molecule has 2 aromatic heterocycles. The zero-order valence-corrected chi connectivity index (χ0v) is 15.6. The molecule has 1 aliphatic rings. The van der Waals surface area contributed by atoms with E-state index in [0.717, 1.165) is 30.8 Å². The average molecular weight is 358 g/mol. The number of nitrogens with one attached hydrogen (secondary N) is 1. The summed E-state index contributed by atoms with van der Waals surface area (Å²) in [7, 11) is 0. The summed E-state index contributed by atoms with van der Waals surface area (Å²) in [6.45, 7) is 7.49. The van der Waals surface area contributed by atoms with E-state index in [1.165, 1.54) is 0 Å². The number of carbonyl (C=O) groups excluding carboxylic acids is 1. The number of imidazole rings is 1. The van der Waals surface area contributed by atoms with Gasteiger partial charge in [0.1, 0.15) is 11.4 Å². The van der Waals surface area contributed by atoms with E-state index < -0.39 is 11.7 Å². The third kappa shape index (κ3) is 5.21. The summed E-state index contributed by atoms with van der Waals surface area (Å²) >= 11 is 0. The molecular weight excluding hydrogens is 332 g/mol. The van der Waals surface area contributed by atoms with Crippen LogP contribution < -0.4 is 10.1 Å². The van der Waals surface area contributed by atoms with Crippen LogP contribution in [0, 0.1) is 5.92 Å². The van der Waals surface area contributed by atoms with Crippen LogP contribution in [-0.4, -0.2) is 32.8 Å². The van der Waals surface area contributed by atoms with Gasteiger partial charge in [-0.25, -0.2) is 14.8 Å². The maximum absolute atomic E-state index is 11.7.